The molecule has 0 unspecified atom stereocenters. The fraction of sp³-hybridized carbons (Fsp3) is 0.312. The average Bonchev–Trinajstić information content (AvgIpc) is 2.94. The maximum atomic E-state index is 11.9. The fourth-order valence-corrected chi connectivity index (χ4v) is 2.65. The summed E-state index contributed by atoms with van der Waals surface area (Å²) >= 11 is 1.55. The highest BCUT2D eigenvalue weighted by Crippen LogP contribution is 2.21. The summed E-state index contributed by atoms with van der Waals surface area (Å²) in [5.74, 6) is 1.19. The molecule has 0 fully saturated rings. The first kappa shape index (κ1) is 14.7. The molecule has 1 amide bonds. The molecule has 2 rings (SSSR count). The van der Waals surface area contributed by atoms with Gasteiger partial charge in [0.25, 0.3) is 0 Å². The lowest BCUT2D eigenvalue weighted by atomic mass is 10.1. The Labute approximate surface area is 123 Å². The van der Waals surface area contributed by atoms with Crippen molar-refractivity contribution < 1.29 is 9.21 Å². The van der Waals surface area contributed by atoms with Crippen molar-refractivity contribution in [1.82, 2.24) is 5.32 Å². The second kappa shape index (κ2) is 6.66. The van der Waals surface area contributed by atoms with Gasteiger partial charge in [-0.3, -0.25) is 4.79 Å². The van der Waals surface area contributed by atoms with Crippen molar-refractivity contribution >= 4 is 17.7 Å². The van der Waals surface area contributed by atoms with E-state index < -0.39 is 0 Å². The van der Waals surface area contributed by atoms with Crippen LogP contribution in [0.5, 0.6) is 0 Å². The van der Waals surface area contributed by atoms with Crippen LogP contribution >= 0.6 is 11.8 Å². The van der Waals surface area contributed by atoms with Crippen LogP contribution in [0.25, 0.3) is 0 Å². The van der Waals surface area contributed by atoms with Gasteiger partial charge in [-0.15, -0.1) is 11.8 Å². The Morgan fingerprint density at radius 2 is 2.10 bits per heavy atom. The summed E-state index contributed by atoms with van der Waals surface area (Å²) in [6.07, 6.45) is 1.61. The second-order valence-corrected chi connectivity index (χ2v) is 5.89. The summed E-state index contributed by atoms with van der Waals surface area (Å²) in [4.78, 5) is 13.0. The number of hydrogen-bond donors (Lipinski definition) is 1. The highest BCUT2D eigenvalue weighted by Gasteiger charge is 2.11. The molecule has 1 N–H and O–H groups in total. The van der Waals surface area contributed by atoms with Crippen molar-refractivity contribution in [3.63, 3.8) is 0 Å². The predicted octanol–water partition coefficient (Wildman–Crippen LogP) is 3.87. The molecule has 1 heterocycles. The van der Waals surface area contributed by atoms with Crippen LogP contribution in [0.1, 0.15) is 29.9 Å². The summed E-state index contributed by atoms with van der Waals surface area (Å²) in [6, 6.07) is 9.84. The van der Waals surface area contributed by atoms with Crippen LogP contribution in [0.15, 0.2) is 45.9 Å². The quantitative estimate of drug-likeness (QED) is 0.850. The van der Waals surface area contributed by atoms with Crippen molar-refractivity contribution in [3.8, 4) is 0 Å². The van der Waals surface area contributed by atoms with E-state index in [9.17, 15) is 4.79 Å². The number of amides is 1. The summed E-state index contributed by atoms with van der Waals surface area (Å²) in [6.45, 7) is 6.08. The minimum atomic E-state index is -0.0992. The molecule has 0 aliphatic carbocycles. The zero-order valence-corrected chi connectivity index (χ0v) is 12.8. The number of carbonyl (C=O) groups is 1. The summed E-state index contributed by atoms with van der Waals surface area (Å²) in [5.41, 5.74) is 2.52. The van der Waals surface area contributed by atoms with Crippen LogP contribution in [0.3, 0.4) is 0 Å². The van der Waals surface area contributed by atoms with Crippen molar-refractivity contribution in [2.75, 3.05) is 5.75 Å². The molecule has 2 aromatic rings. The van der Waals surface area contributed by atoms with E-state index in [0.717, 1.165) is 10.7 Å². The lowest BCUT2D eigenvalue weighted by Gasteiger charge is -2.11. The molecule has 0 saturated carbocycles. The molecule has 1 atom stereocenters. The van der Waals surface area contributed by atoms with Gasteiger partial charge in [-0.25, -0.2) is 0 Å². The van der Waals surface area contributed by atoms with E-state index >= 15 is 0 Å². The van der Waals surface area contributed by atoms with Crippen LogP contribution in [-0.4, -0.2) is 11.7 Å². The lowest BCUT2D eigenvalue weighted by molar-refractivity contribution is -0.119. The first-order valence-corrected chi connectivity index (χ1v) is 7.57. The normalized spacial score (nSPS) is 12.2. The zero-order valence-electron chi connectivity index (χ0n) is 12.0. The number of carbonyl (C=O) groups excluding carboxylic acids is 1. The van der Waals surface area contributed by atoms with E-state index in [4.69, 9.17) is 4.42 Å². The SMILES string of the molecule is Cc1ccc(SCC(=O)N[C@@H](C)c2ccco2)cc1C. The smallest absolute Gasteiger partial charge is 0.230 e. The van der Waals surface area contributed by atoms with E-state index in [-0.39, 0.29) is 11.9 Å². The monoisotopic (exact) mass is 289 g/mol. The third-order valence-corrected chi connectivity index (χ3v) is 4.19. The van der Waals surface area contributed by atoms with Gasteiger partial charge >= 0.3 is 0 Å². The van der Waals surface area contributed by atoms with E-state index in [1.54, 1.807) is 18.0 Å². The Kier molecular flexibility index (Phi) is 4.90. The molecule has 0 aliphatic heterocycles. The first-order valence-electron chi connectivity index (χ1n) is 6.59. The minimum absolute atomic E-state index is 0.0112. The highest BCUT2D eigenvalue weighted by atomic mass is 32.2. The standard InChI is InChI=1S/C16H19NO2S/c1-11-6-7-14(9-12(11)2)20-10-16(18)17-13(3)15-5-4-8-19-15/h4-9,13H,10H2,1-3H3,(H,17,18)/t13-/m0/s1. The molecule has 106 valence electrons. The molecule has 3 nitrogen and oxygen atoms in total. The van der Waals surface area contributed by atoms with Gasteiger partial charge in [-0.2, -0.15) is 0 Å². The summed E-state index contributed by atoms with van der Waals surface area (Å²) in [7, 11) is 0. The Hall–Kier alpha value is -1.68. The topological polar surface area (TPSA) is 42.2 Å². The van der Waals surface area contributed by atoms with Crippen LogP contribution in [0.2, 0.25) is 0 Å². The largest absolute Gasteiger partial charge is 0.467 e. The molecular weight excluding hydrogens is 270 g/mol. The van der Waals surface area contributed by atoms with Crippen molar-refractivity contribution in [2.24, 2.45) is 0 Å². The number of hydrogen-bond acceptors (Lipinski definition) is 3. The van der Waals surface area contributed by atoms with Crippen molar-refractivity contribution in [1.29, 1.82) is 0 Å². The first-order chi connectivity index (χ1) is 9.56. The minimum Gasteiger partial charge on any atom is -0.467 e. The Morgan fingerprint density at radius 1 is 1.30 bits per heavy atom. The predicted molar refractivity (Wildman–Crippen MR) is 81.9 cm³/mol. The zero-order chi connectivity index (χ0) is 14.5. The van der Waals surface area contributed by atoms with Gasteiger partial charge in [0.05, 0.1) is 18.1 Å². The van der Waals surface area contributed by atoms with E-state index in [0.29, 0.717) is 5.75 Å². The molecule has 0 spiro atoms. The molecule has 1 aromatic carbocycles. The van der Waals surface area contributed by atoms with Crippen LogP contribution in [0, 0.1) is 13.8 Å². The molecule has 4 heteroatoms. The number of thioether (sulfide) groups is 1. The van der Waals surface area contributed by atoms with E-state index in [1.807, 2.05) is 19.1 Å². The third kappa shape index (κ3) is 3.90. The van der Waals surface area contributed by atoms with E-state index in [2.05, 4.69) is 37.4 Å². The van der Waals surface area contributed by atoms with Crippen LogP contribution in [0.4, 0.5) is 0 Å². The summed E-state index contributed by atoms with van der Waals surface area (Å²) in [5, 5.41) is 2.93. The highest BCUT2D eigenvalue weighted by molar-refractivity contribution is 8.00. The Bertz CT molecular complexity index is 578. The van der Waals surface area contributed by atoms with Gasteiger partial charge in [0.1, 0.15) is 5.76 Å². The molecule has 0 saturated heterocycles. The second-order valence-electron chi connectivity index (χ2n) is 4.84. The molecule has 0 radical (unpaired) electrons. The number of furan rings is 1. The number of nitrogens with one attached hydrogen (secondary N) is 1. The number of rotatable bonds is 5. The Morgan fingerprint density at radius 3 is 2.75 bits per heavy atom. The molecule has 1 aromatic heterocycles. The van der Waals surface area contributed by atoms with Gasteiger partial charge in [0.15, 0.2) is 0 Å². The number of aryl methyl sites for hydroxylation is 2. The van der Waals surface area contributed by atoms with Crippen molar-refractivity contribution in [3.05, 3.63) is 53.5 Å². The maximum Gasteiger partial charge on any atom is 0.230 e. The Balaban J connectivity index is 1.84. The lowest BCUT2D eigenvalue weighted by Crippen LogP contribution is -2.27. The molecule has 20 heavy (non-hydrogen) atoms. The third-order valence-electron chi connectivity index (χ3n) is 3.20. The molecular formula is C16H19NO2S. The van der Waals surface area contributed by atoms with Crippen LogP contribution in [-0.2, 0) is 4.79 Å². The molecule has 0 aliphatic rings. The van der Waals surface area contributed by atoms with Crippen LogP contribution < -0.4 is 5.32 Å². The van der Waals surface area contributed by atoms with Gasteiger partial charge in [-0.05, 0) is 56.2 Å². The van der Waals surface area contributed by atoms with Gasteiger partial charge in [0.2, 0.25) is 5.91 Å². The number of benzene rings is 1. The van der Waals surface area contributed by atoms with Gasteiger partial charge < -0.3 is 9.73 Å². The van der Waals surface area contributed by atoms with E-state index in [1.165, 1.54) is 11.1 Å². The van der Waals surface area contributed by atoms with Crippen molar-refractivity contribution in [2.45, 2.75) is 31.7 Å². The average molecular weight is 289 g/mol. The van der Waals surface area contributed by atoms with Gasteiger partial charge in [-0.1, -0.05) is 6.07 Å². The summed E-state index contributed by atoms with van der Waals surface area (Å²) < 4.78 is 5.27. The molecule has 0 bridgehead atoms. The fourth-order valence-electron chi connectivity index (χ4n) is 1.84. The van der Waals surface area contributed by atoms with Gasteiger partial charge in [0, 0.05) is 4.90 Å². The maximum absolute atomic E-state index is 11.9.